The van der Waals surface area contributed by atoms with Gasteiger partial charge in [0, 0.05) is 12.8 Å². The normalized spacial score (nSPS) is 21.6. The number of carbonyl (C=O) groups is 4. The molecule has 0 radical (unpaired) electrons. The molecule has 1 aliphatic heterocycles. The minimum absolute atomic E-state index is 0.0253. The Hall–Kier alpha value is -4.03. The number of nitriles is 1. The van der Waals surface area contributed by atoms with Gasteiger partial charge in [-0.25, -0.2) is 0 Å². The van der Waals surface area contributed by atoms with Gasteiger partial charge in [-0.15, -0.1) is 0 Å². The second-order valence-electron chi connectivity index (χ2n) is 8.51. The summed E-state index contributed by atoms with van der Waals surface area (Å²) in [5.41, 5.74) is 1.47. The fraction of sp³-hybridized carbons (Fsp3) is 0.346. The van der Waals surface area contributed by atoms with Crippen LogP contribution in [0.2, 0.25) is 0 Å². The van der Waals surface area contributed by atoms with Crippen molar-refractivity contribution in [1.82, 2.24) is 15.5 Å². The Morgan fingerprint density at radius 1 is 0.971 bits per heavy atom. The molecule has 0 bridgehead atoms. The van der Waals surface area contributed by atoms with Gasteiger partial charge in [0.1, 0.15) is 18.1 Å². The molecule has 1 fully saturated rings. The molecule has 3 N–H and O–H groups in total. The maximum Gasteiger partial charge on any atom is 0.252 e. The van der Waals surface area contributed by atoms with E-state index < -0.39 is 54.3 Å². The average Bonchev–Trinajstić information content (AvgIpc) is 2.86. The number of hydrogen-bond donors (Lipinski definition) is 3. The average molecular weight is 477 g/mol. The van der Waals surface area contributed by atoms with Crippen molar-refractivity contribution in [3.63, 3.8) is 0 Å². The molecule has 1 saturated heterocycles. The molecule has 9 heteroatoms. The lowest BCUT2D eigenvalue weighted by molar-refractivity contribution is -0.154. The van der Waals surface area contributed by atoms with Gasteiger partial charge in [0.2, 0.25) is 17.7 Å². The molecule has 0 unspecified atom stereocenters. The summed E-state index contributed by atoms with van der Waals surface area (Å²) < 4.78 is 0. The number of nitrogens with zero attached hydrogens (tertiary/aromatic N) is 2. The first-order valence-electron chi connectivity index (χ1n) is 11.4. The van der Waals surface area contributed by atoms with Crippen LogP contribution in [0.25, 0.3) is 0 Å². The van der Waals surface area contributed by atoms with Crippen LogP contribution in [-0.2, 0) is 32.0 Å². The molecule has 1 aliphatic rings. The van der Waals surface area contributed by atoms with Crippen LogP contribution >= 0.6 is 0 Å². The molecular formula is C26H28N4O5. The molecule has 0 aromatic heterocycles. The highest BCUT2D eigenvalue weighted by molar-refractivity contribution is 6.05. The molecule has 182 valence electrons. The molecule has 35 heavy (non-hydrogen) atoms. The van der Waals surface area contributed by atoms with Gasteiger partial charge in [-0.2, -0.15) is 5.26 Å². The van der Waals surface area contributed by atoms with Crippen molar-refractivity contribution in [2.24, 2.45) is 0 Å². The first kappa shape index (κ1) is 25.6. The number of nitrogens with one attached hydrogen (secondary N) is 2. The molecule has 0 aliphatic carbocycles. The molecular weight excluding hydrogens is 448 g/mol. The number of aliphatic hydroxyl groups excluding tert-OH is 1. The maximum absolute atomic E-state index is 13.8. The van der Waals surface area contributed by atoms with Crippen LogP contribution in [-0.4, -0.2) is 57.9 Å². The summed E-state index contributed by atoms with van der Waals surface area (Å²) >= 11 is 0. The van der Waals surface area contributed by atoms with Crippen LogP contribution in [0.5, 0.6) is 0 Å². The van der Waals surface area contributed by atoms with Gasteiger partial charge in [-0.3, -0.25) is 24.1 Å². The Kier molecular flexibility index (Phi) is 8.70. The van der Waals surface area contributed by atoms with Crippen molar-refractivity contribution >= 4 is 23.6 Å². The Morgan fingerprint density at radius 2 is 1.54 bits per heavy atom. The molecule has 2 aromatic carbocycles. The number of hydrogen-bond acceptors (Lipinski definition) is 6. The lowest BCUT2D eigenvalue weighted by Gasteiger charge is -2.32. The quantitative estimate of drug-likeness (QED) is 0.542. The monoisotopic (exact) mass is 476 g/mol. The summed E-state index contributed by atoms with van der Waals surface area (Å²) in [4.78, 5) is 54.0. The molecule has 4 atom stereocenters. The van der Waals surface area contributed by atoms with Crippen LogP contribution in [0.15, 0.2) is 60.7 Å². The highest BCUT2D eigenvalue weighted by Crippen LogP contribution is 2.18. The van der Waals surface area contributed by atoms with E-state index in [1.165, 1.54) is 6.92 Å². The van der Waals surface area contributed by atoms with E-state index in [-0.39, 0.29) is 19.3 Å². The summed E-state index contributed by atoms with van der Waals surface area (Å²) in [6.07, 6.45) is -1.98. The highest BCUT2D eigenvalue weighted by atomic mass is 16.3. The fourth-order valence-electron chi connectivity index (χ4n) is 3.96. The van der Waals surface area contributed by atoms with Crippen LogP contribution < -0.4 is 10.6 Å². The predicted octanol–water partition coefficient (Wildman–Crippen LogP) is 0.863. The number of benzene rings is 2. The van der Waals surface area contributed by atoms with E-state index in [2.05, 4.69) is 10.6 Å². The zero-order valence-electron chi connectivity index (χ0n) is 19.4. The summed E-state index contributed by atoms with van der Waals surface area (Å²) in [6.45, 7) is 1.50. The van der Waals surface area contributed by atoms with Crippen LogP contribution in [0.4, 0.5) is 0 Å². The summed E-state index contributed by atoms with van der Waals surface area (Å²) in [7, 11) is 0. The van der Waals surface area contributed by atoms with Gasteiger partial charge in [-0.1, -0.05) is 60.7 Å². The third-order valence-electron chi connectivity index (χ3n) is 5.78. The molecule has 3 rings (SSSR count). The lowest BCUT2D eigenvalue weighted by atomic mass is 9.99. The fourth-order valence-corrected chi connectivity index (χ4v) is 3.96. The third-order valence-corrected chi connectivity index (χ3v) is 5.78. The summed E-state index contributed by atoms with van der Waals surface area (Å²) in [6, 6.07) is 16.4. The van der Waals surface area contributed by atoms with Crippen LogP contribution in [0.3, 0.4) is 0 Å². The number of amides is 4. The predicted molar refractivity (Wildman–Crippen MR) is 126 cm³/mol. The van der Waals surface area contributed by atoms with Crippen LogP contribution in [0.1, 0.15) is 30.9 Å². The first-order valence-corrected chi connectivity index (χ1v) is 11.4. The van der Waals surface area contributed by atoms with Crippen molar-refractivity contribution < 1.29 is 24.3 Å². The minimum atomic E-state index is -1.30. The molecule has 0 saturated carbocycles. The van der Waals surface area contributed by atoms with E-state index in [4.69, 9.17) is 5.26 Å². The Morgan fingerprint density at radius 3 is 2.11 bits per heavy atom. The standard InChI is InChI=1S/C26H28N4O5/c1-17-24(33)29-21(14-18-8-4-2-5-9-18)26(35)30(23(32)16-20(31)12-13-27)22(25(34)28-17)15-19-10-6-3-7-11-19/h2-11,17,20-22,31H,12,14-16H2,1H3,(H,28,34)(H,29,33)/t17-,20-,21-,22-/m1/s1. The van der Waals surface area contributed by atoms with E-state index in [1.807, 2.05) is 6.07 Å². The van der Waals surface area contributed by atoms with E-state index in [0.717, 1.165) is 10.5 Å². The SMILES string of the molecule is C[C@H]1NC(=O)[C@@H](Cc2ccccc2)N(C(=O)C[C@H](O)CC#N)C(=O)[C@@H](Cc2ccccc2)NC1=O. The zero-order chi connectivity index (χ0) is 25.4. The van der Waals surface area contributed by atoms with E-state index in [0.29, 0.717) is 5.56 Å². The van der Waals surface area contributed by atoms with Crippen molar-refractivity contribution in [3.8, 4) is 6.07 Å². The largest absolute Gasteiger partial charge is 0.392 e. The zero-order valence-corrected chi connectivity index (χ0v) is 19.4. The van der Waals surface area contributed by atoms with Gasteiger partial charge in [0.05, 0.1) is 25.0 Å². The number of imide groups is 1. The Bertz CT molecular complexity index is 1100. The number of carbonyl (C=O) groups excluding carboxylic acids is 4. The maximum atomic E-state index is 13.8. The molecule has 1 heterocycles. The van der Waals surface area contributed by atoms with Gasteiger partial charge < -0.3 is 15.7 Å². The second-order valence-corrected chi connectivity index (χ2v) is 8.51. The molecule has 0 spiro atoms. The third kappa shape index (κ3) is 6.74. The highest BCUT2D eigenvalue weighted by Gasteiger charge is 2.41. The summed E-state index contributed by atoms with van der Waals surface area (Å²) in [5, 5.41) is 24.2. The van der Waals surface area contributed by atoms with E-state index >= 15 is 0 Å². The van der Waals surface area contributed by atoms with Crippen LogP contribution in [0, 0.1) is 11.3 Å². The van der Waals surface area contributed by atoms with Gasteiger partial charge in [0.15, 0.2) is 0 Å². The Labute approximate surface area is 203 Å². The van der Waals surface area contributed by atoms with Gasteiger partial charge in [0.25, 0.3) is 5.91 Å². The van der Waals surface area contributed by atoms with Crippen molar-refractivity contribution in [2.45, 2.75) is 56.8 Å². The summed E-state index contributed by atoms with van der Waals surface area (Å²) in [5.74, 6) is -2.75. The number of aliphatic hydroxyl groups is 1. The Balaban J connectivity index is 2.04. The lowest BCUT2D eigenvalue weighted by Crippen LogP contribution is -2.57. The van der Waals surface area contributed by atoms with E-state index in [9.17, 15) is 24.3 Å². The minimum Gasteiger partial charge on any atom is -0.392 e. The van der Waals surface area contributed by atoms with E-state index in [1.54, 1.807) is 60.7 Å². The van der Waals surface area contributed by atoms with Crippen molar-refractivity contribution in [2.75, 3.05) is 0 Å². The topological polar surface area (TPSA) is 140 Å². The molecule has 2 aromatic rings. The van der Waals surface area contributed by atoms with Crippen molar-refractivity contribution in [3.05, 3.63) is 71.8 Å². The van der Waals surface area contributed by atoms with Crippen molar-refractivity contribution in [1.29, 1.82) is 5.26 Å². The van der Waals surface area contributed by atoms with Gasteiger partial charge in [-0.05, 0) is 18.1 Å². The number of rotatable bonds is 7. The van der Waals surface area contributed by atoms with Gasteiger partial charge >= 0.3 is 0 Å². The molecule has 4 amide bonds. The first-order chi connectivity index (χ1) is 16.8. The second kappa shape index (κ2) is 11.9. The smallest absolute Gasteiger partial charge is 0.252 e. The molecule has 9 nitrogen and oxygen atoms in total.